The van der Waals surface area contributed by atoms with Gasteiger partial charge in [0.2, 0.25) is 5.12 Å². The molecular weight excluding hydrogens is 266 g/mol. The number of fused-ring (bicyclic) bond motifs is 1. The van der Waals surface area contributed by atoms with Crippen LogP contribution in [0.1, 0.15) is 27.8 Å². The van der Waals surface area contributed by atoms with Crippen molar-refractivity contribution in [2.45, 2.75) is 6.92 Å². The number of carbonyl (C=O) groups is 2. The molecule has 0 unspecified atom stereocenters. The molecule has 19 heavy (non-hydrogen) atoms. The van der Waals surface area contributed by atoms with Gasteiger partial charge in [0.25, 0.3) is 0 Å². The fraction of sp³-hybridized carbons (Fsp3) is 0.231. The highest BCUT2D eigenvalue weighted by molar-refractivity contribution is 8.13. The van der Waals surface area contributed by atoms with E-state index in [4.69, 9.17) is 4.74 Å². The van der Waals surface area contributed by atoms with Crippen molar-refractivity contribution in [3.8, 4) is 5.75 Å². The van der Waals surface area contributed by atoms with Crippen molar-refractivity contribution >= 4 is 28.4 Å². The average Bonchev–Trinajstić information content (AvgIpc) is 2.70. The highest BCUT2D eigenvalue weighted by atomic mass is 32.2. The Kier molecular flexibility index (Phi) is 3.80. The summed E-state index contributed by atoms with van der Waals surface area (Å²) >= 11 is 0.973. The van der Waals surface area contributed by atoms with Gasteiger partial charge < -0.3 is 14.2 Å². The second-order valence-electron chi connectivity index (χ2n) is 3.74. The monoisotopic (exact) mass is 279 g/mol. The number of ether oxygens (including phenoxy) is 1. The number of esters is 1. The molecule has 0 aliphatic heterocycles. The number of aromatic hydroxyl groups is 1. The van der Waals surface area contributed by atoms with Gasteiger partial charge in [-0.2, -0.15) is 0 Å². The molecule has 2 aromatic rings. The van der Waals surface area contributed by atoms with Gasteiger partial charge >= 0.3 is 5.97 Å². The number of hydrogen-bond acceptors (Lipinski definition) is 5. The van der Waals surface area contributed by atoms with Crippen LogP contribution in [0.2, 0.25) is 0 Å². The minimum Gasteiger partial charge on any atom is -0.505 e. The summed E-state index contributed by atoms with van der Waals surface area (Å²) in [6.45, 7) is 1.88. The van der Waals surface area contributed by atoms with E-state index in [0.29, 0.717) is 5.52 Å². The molecule has 0 aliphatic rings. The van der Waals surface area contributed by atoms with Crippen molar-refractivity contribution in [1.82, 2.24) is 4.40 Å². The SMILES string of the molecule is CCOC(=O)c1c(O)c(C(=O)SC)n2ccccc12. The van der Waals surface area contributed by atoms with Crippen molar-refractivity contribution < 1.29 is 19.4 Å². The molecular formula is C13H13NO4S. The summed E-state index contributed by atoms with van der Waals surface area (Å²) in [5.74, 6) is -0.965. The molecule has 2 rings (SSSR count). The maximum absolute atomic E-state index is 11.9. The fourth-order valence-corrected chi connectivity index (χ4v) is 2.28. The fourth-order valence-electron chi connectivity index (χ4n) is 1.89. The van der Waals surface area contributed by atoms with Crippen molar-refractivity contribution in [2.24, 2.45) is 0 Å². The second-order valence-corrected chi connectivity index (χ2v) is 4.52. The van der Waals surface area contributed by atoms with Crippen LogP contribution in [0.3, 0.4) is 0 Å². The number of hydrogen-bond donors (Lipinski definition) is 1. The maximum atomic E-state index is 11.9. The van der Waals surface area contributed by atoms with Crippen molar-refractivity contribution in [3.63, 3.8) is 0 Å². The van der Waals surface area contributed by atoms with Gasteiger partial charge in [0, 0.05) is 6.20 Å². The van der Waals surface area contributed by atoms with E-state index in [1.54, 1.807) is 37.6 Å². The predicted octanol–water partition coefficient (Wildman–Crippen LogP) is 2.32. The third-order valence-electron chi connectivity index (χ3n) is 2.68. The van der Waals surface area contributed by atoms with Crippen LogP contribution in [0.25, 0.3) is 5.52 Å². The Bertz CT molecular complexity index is 647. The van der Waals surface area contributed by atoms with Crippen LogP contribution < -0.4 is 0 Å². The zero-order valence-electron chi connectivity index (χ0n) is 10.5. The highest BCUT2D eigenvalue weighted by Crippen LogP contribution is 2.32. The van der Waals surface area contributed by atoms with Crippen LogP contribution in [-0.4, -0.2) is 33.5 Å². The molecule has 2 aromatic heterocycles. The highest BCUT2D eigenvalue weighted by Gasteiger charge is 2.27. The van der Waals surface area contributed by atoms with Gasteiger partial charge in [0.05, 0.1) is 12.1 Å². The minimum atomic E-state index is -0.635. The van der Waals surface area contributed by atoms with Gasteiger partial charge in [-0.1, -0.05) is 17.8 Å². The van der Waals surface area contributed by atoms with E-state index >= 15 is 0 Å². The average molecular weight is 279 g/mol. The molecule has 0 saturated heterocycles. The first-order valence-corrected chi connectivity index (χ1v) is 6.91. The van der Waals surface area contributed by atoms with Gasteiger partial charge in [-0.25, -0.2) is 4.79 Å². The molecule has 0 bridgehead atoms. The molecule has 0 fully saturated rings. The molecule has 5 nitrogen and oxygen atoms in total. The first-order chi connectivity index (χ1) is 9.11. The van der Waals surface area contributed by atoms with Crippen LogP contribution in [0.5, 0.6) is 5.75 Å². The van der Waals surface area contributed by atoms with Gasteiger partial charge in [0.1, 0.15) is 11.3 Å². The Balaban J connectivity index is 2.74. The zero-order chi connectivity index (χ0) is 14.0. The van der Waals surface area contributed by atoms with Gasteiger partial charge in [0.15, 0.2) is 5.75 Å². The van der Waals surface area contributed by atoms with Gasteiger partial charge in [-0.15, -0.1) is 0 Å². The van der Waals surface area contributed by atoms with Crippen molar-refractivity contribution in [2.75, 3.05) is 12.9 Å². The van der Waals surface area contributed by atoms with E-state index in [2.05, 4.69) is 0 Å². The van der Waals surface area contributed by atoms with E-state index in [9.17, 15) is 14.7 Å². The second kappa shape index (κ2) is 5.36. The van der Waals surface area contributed by atoms with Crippen LogP contribution >= 0.6 is 11.8 Å². The predicted molar refractivity (Wildman–Crippen MR) is 72.9 cm³/mol. The molecule has 0 saturated carbocycles. The molecule has 0 atom stereocenters. The number of aromatic nitrogens is 1. The maximum Gasteiger partial charge on any atom is 0.344 e. The third kappa shape index (κ3) is 2.19. The first-order valence-electron chi connectivity index (χ1n) is 5.69. The number of nitrogens with zero attached hydrogens (tertiary/aromatic N) is 1. The lowest BCUT2D eigenvalue weighted by atomic mass is 10.2. The van der Waals surface area contributed by atoms with Crippen LogP contribution in [0.15, 0.2) is 24.4 Å². The first kappa shape index (κ1) is 13.5. The van der Waals surface area contributed by atoms with E-state index < -0.39 is 5.97 Å². The number of rotatable bonds is 3. The van der Waals surface area contributed by atoms with Crippen LogP contribution in [0.4, 0.5) is 0 Å². The molecule has 0 spiro atoms. The largest absolute Gasteiger partial charge is 0.505 e. The summed E-state index contributed by atoms with van der Waals surface area (Å²) in [6.07, 6.45) is 3.25. The Morgan fingerprint density at radius 2 is 2.16 bits per heavy atom. The molecule has 0 aromatic carbocycles. The smallest absolute Gasteiger partial charge is 0.344 e. The lowest BCUT2D eigenvalue weighted by Gasteiger charge is -2.00. The normalized spacial score (nSPS) is 10.6. The molecule has 2 heterocycles. The number of carbonyl (C=O) groups excluding carboxylic acids is 2. The summed E-state index contributed by atoms with van der Waals surface area (Å²) in [5.41, 5.74) is 0.571. The summed E-state index contributed by atoms with van der Waals surface area (Å²) in [6, 6.07) is 5.10. The van der Waals surface area contributed by atoms with Crippen LogP contribution in [0, 0.1) is 0 Å². The molecule has 0 radical (unpaired) electrons. The van der Waals surface area contributed by atoms with E-state index in [0.717, 1.165) is 11.8 Å². The minimum absolute atomic E-state index is 0.0276. The zero-order valence-corrected chi connectivity index (χ0v) is 11.4. The number of pyridine rings is 1. The molecule has 0 aliphatic carbocycles. The Morgan fingerprint density at radius 1 is 1.42 bits per heavy atom. The van der Waals surface area contributed by atoms with Gasteiger partial charge in [-0.3, -0.25) is 4.79 Å². The summed E-state index contributed by atoms with van der Waals surface area (Å²) in [7, 11) is 0. The molecule has 0 amide bonds. The Labute approximate surface area is 114 Å². The van der Waals surface area contributed by atoms with Gasteiger partial charge in [-0.05, 0) is 25.3 Å². The van der Waals surface area contributed by atoms with E-state index in [1.165, 1.54) is 4.40 Å². The topological polar surface area (TPSA) is 68.0 Å². The van der Waals surface area contributed by atoms with E-state index in [-0.39, 0.29) is 28.7 Å². The van der Waals surface area contributed by atoms with E-state index in [1.807, 2.05) is 0 Å². The lowest BCUT2D eigenvalue weighted by molar-refractivity contribution is 0.0526. The third-order valence-corrected chi connectivity index (χ3v) is 3.24. The van der Waals surface area contributed by atoms with Crippen molar-refractivity contribution in [3.05, 3.63) is 35.7 Å². The Morgan fingerprint density at radius 3 is 2.79 bits per heavy atom. The van der Waals surface area contributed by atoms with Crippen LogP contribution in [-0.2, 0) is 4.74 Å². The summed E-state index contributed by atoms with van der Waals surface area (Å²) < 4.78 is 6.41. The van der Waals surface area contributed by atoms with Crippen molar-refractivity contribution in [1.29, 1.82) is 0 Å². The quantitative estimate of drug-likeness (QED) is 0.873. The standard InChI is InChI=1S/C13H13NO4S/c1-3-18-12(16)9-8-6-4-5-7-14(8)10(11(9)15)13(17)19-2/h4-7,15H,3H2,1-2H3. The molecule has 100 valence electrons. The lowest BCUT2D eigenvalue weighted by Crippen LogP contribution is -2.04. The summed E-state index contributed by atoms with van der Waals surface area (Å²) in [5, 5.41) is 9.84. The summed E-state index contributed by atoms with van der Waals surface area (Å²) in [4.78, 5) is 23.8. The molecule has 6 heteroatoms. The number of thioether (sulfide) groups is 1. The molecule has 1 N–H and O–H groups in total. The Hall–Kier alpha value is -1.95.